The predicted octanol–water partition coefficient (Wildman–Crippen LogP) is 5.44. The molecule has 3 rings (SSSR count). The summed E-state index contributed by atoms with van der Waals surface area (Å²) in [6, 6.07) is 15.4. The van der Waals surface area contributed by atoms with Crippen molar-refractivity contribution in [1.82, 2.24) is 5.32 Å². The highest BCUT2D eigenvalue weighted by Crippen LogP contribution is 2.44. The summed E-state index contributed by atoms with van der Waals surface area (Å²) in [5, 5.41) is 2.63. The first-order valence-corrected chi connectivity index (χ1v) is 11.9. The highest BCUT2D eigenvalue weighted by molar-refractivity contribution is 5.82. The minimum absolute atomic E-state index is 0.0222. The molecule has 0 aromatic heterocycles. The molecular weight excluding hydrogens is 418 g/mol. The van der Waals surface area contributed by atoms with E-state index < -0.39 is 18.1 Å². The summed E-state index contributed by atoms with van der Waals surface area (Å²) >= 11 is 0. The van der Waals surface area contributed by atoms with Crippen LogP contribution < -0.4 is 5.32 Å². The summed E-state index contributed by atoms with van der Waals surface area (Å²) in [5.74, 6) is -0.535. The molecule has 0 heterocycles. The van der Waals surface area contributed by atoms with Gasteiger partial charge in [-0.25, -0.2) is 9.59 Å². The molecule has 6 nitrogen and oxygen atoms in total. The van der Waals surface area contributed by atoms with Gasteiger partial charge in [0.25, 0.3) is 0 Å². The first kappa shape index (κ1) is 24.8. The molecule has 2 aromatic carbocycles. The van der Waals surface area contributed by atoms with Crippen LogP contribution in [0.15, 0.2) is 48.5 Å². The second kappa shape index (κ2) is 12.4. The summed E-state index contributed by atoms with van der Waals surface area (Å²) in [5.41, 5.74) is 4.60. The average Bonchev–Trinajstić information content (AvgIpc) is 3.15. The number of fused-ring (bicyclic) bond motifs is 3. The molecule has 33 heavy (non-hydrogen) atoms. The van der Waals surface area contributed by atoms with Gasteiger partial charge in [-0.05, 0) is 41.5 Å². The van der Waals surface area contributed by atoms with Gasteiger partial charge in [0.15, 0.2) is 6.04 Å². The van der Waals surface area contributed by atoms with Crippen LogP contribution >= 0.6 is 0 Å². The topological polar surface area (TPSA) is 73.9 Å². The summed E-state index contributed by atoms with van der Waals surface area (Å²) in [4.78, 5) is 25.3. The number of alkyl carbamates (subject to hydrolysis) is 1. The van der Waals surface area contributed by atoms with E-state index in [4.69, 9.17) is 14.2 Å². The van der Waals surface area contributed by atoms with E-state index >= 15 is 0 Å². The van der Waals surface area contributed by atoms with Crippen LogP contribution in [0.2, 0.25) is 0 Å². The molecule has 2 aromatic rings. The van der Waals surface area contributed by atoms with Gasteiger partial charge in [-0.15, -0.1) is 0 Å². The number of nitrogens with one attached hydrogen (secondary N) is 1. The molecular formula is C27H35NO5. The van der Waals surface area contributed by atoms with Gasteiger partial charge in [0, 0.05) is 13.0 Å². The number of hydrogen-bond donors (Lipinski definition) is 1. The predicted molar refractivity (Wildman–Crippen MR) is 128 cm³/mol. The number of rotatable bonds is 12. The Morgan fingerprint density at radius 1 is 0.970 bits per heavy atom. The van der Waals surface area contributed by atoms with Crippen LogP contribution in [0.3, 0.4) is 0 Å². The number of carbonyl (C=O) groups excluding carboxylic acids is 2. The van der Waals surface area contributed by atoms with Crippen LogP contribution in [0.25, 0.3) is 11.1 Å². The zero-order chi connectivity index (χ0) is 23.6. The van der Waals surface area contributed by atoms with Crippen molar-refractivity contribution in [2.45, 2.75) is 64.0 Å². The Balaban J connectivity index is 1.58. The third-order valence-electron chi connectivity index (χ3n) is 6.12. The number of unbranched alkanes of at least 4 members (excludes halogenated alkanes) is 2. The Hall–Kier alpha value is -2.86. The monoisotopic (exact) mass is 453 g/mol. The third kappa shape index (κ3) is 6.35. The van der Waals surface area contributed by atoms with E-state index in [1.54, 1.807) is 0 Å². The molecule has 0 saturated carbocycles. The molecule has 178 valence electrons. The van der Waals surface area contributed by atoms with Crippen LogP contribution in [-0.2, 0) is 19.0 Å². The van der Waals surface area contributed by atoms with E-state index in [1.807, 2.05) is 31.2 Å². The fourth-order valence-corrected chi connectivity index (χ4v) is 4.33. The fourth-order valence-electron chi connectivity index (χ4n) is 4.33. The molecule has 0 radical (unpaired) electrons. The quantitative estimate of drug-likeness (QED) is 0.342. The SMILES string of the molecule is CCCCC[C@@H](CC)OC(=O)[C@H](COC)NC(=O)OCC1c2ccccc2-c2ccccc21. The summed E-state index contributed by atoms with van der Waals surface area (Å²) in [6.07, 6.45) is 3.97. The minimum Gasteiger partial charge on any atom is -0.461 e. The lowest BCUT2D eigenvalue weighted by Crippen LogP contribution is -2.46. The van der Waals surface area contributed by atoms with Crippen LogP contribution in [0, 0.1) is 0 Å². The standard InChI is InChI=1S/C27H35NO5/c1-4-6-7-12-19(5-2)33-26(29)25(18-31-3)28-27(30)32-17-24-22-15-10-8-13-20(22)21-14-9-11-16-23(21)24/h8-11,13-16,19,24-25H,4-7,12,17-18H2,1-3H3,(H,28,30)/t19-,25+/m1/s1. The highest BCUT2D eigenvalue weighted by atomic mass is 16.6. The molecule has 0 aliphatic heterocycles. The Bertz CT molecular complexity index is 883. The van der Waals surface area contributed by atoms with E-state index in [1.165, 1.54) is 7.11 Å². The zero-order valence-electron chi connectivity index (χ0n) is 19.8. The number of benzene rings is 2. The minimum atomic E-state index is -0.911. The number of hydrogen-bond acceptors (Lipinski definition) is 5. The van der Waals surface area contributed by atoms with Gasteiger partial charge >= 0.3 is 12.1 Å². The Morgan fingerprint density at radius 2 is 1.61 bits per heavy atom. The summed E-state index contributed by atoms with van der Waals surface area (Å²) in [6.45, 7) is 4.34. The largest absolute Gasteiger partial charge is 0.461 e. The van der Waals surface area contributed by atoms with Crippen LogP contribution in [0.5, 0.6) is 0 Å². The van der Waals surface area contributed by atoms with Gasteiger partial charge < -0.3 is 19.5 Å². The lowest BCUT2D eigenvalue weighted by Gasteiger charge is -2.22. The molecule has 0 unspecified atom stereocenters. The second-order valence-electron chi connectivity index (χ2n) is 8.44. The first-order valence-electron chi connectivity index (χ1n) is 11.9. The lowest BCUT2D eigenvalue weighted by atomic mass is 9.98. The van der Waals surface area contributed by atoms with Gasteiger partial charge in [-0.3, -0.25) is 0 Å². The number of ether oxygens (including phenoxy) is 3. The maximum atomic E-state index is 12.7. The highest BCUT2D eigenvalue weighted by Gasteiger charge is 2.30. The van der Waals surface area contributed by atoms with Crippen molar-refractivity contribution in [3.05, 3.63) is 59.7 Å². The summed E-state index contributed by atoms with van der Waals surface area (Å²) < 4.78 is 16.3. The van der Waals surface area contributed by atoms with Crippen molar-refractivity contribution in [3.8, 4) is 11.1 Å². The average molecular weight is 454 g/mol. The number of esters is 1. The van der Waals surface area contributed by atoms with Crippen molar-refractivity contribution < 1.29 is 23.8 Å². The lowest BCUT2D eigenvalue weighted by molar-refractivity contribution is -0.153. The molecule has 0 spiro atoms. The molecule has 0 fully saturated rings. The smallest absolute Gasteiger partial charge is 0.407 e. The van der Waals surface area contributed by atoms with Crippen LogP contribution in [0.4, 0.5) is 4.79 Å². The molecule has 1 amide bonds. The molecule has 1 N–H and O–H groups in total. The van der Waals surface area contributed by atoms with Gasteiger partial charge in [-0.1, -0.05) is 75.2 Å². The Kier molecular flexibility index (Phi) is 9.31. The van der Waals surface area contributed by atoms with Gasteiger partial charge in [-0.2, -0.15) is 0 Å². The second-order valence-corrected chi connectivity index (χ2v) is 8.44. The van der Waals surface area contributed by atoms with Gasteiger partial charge in [0.05, 0.1) is 6.61 Å². The van der Waals surface area contributed by atoms with Crippen molar-refractivity contribution in [2.75, 3.05) is 20.3 Å². The van der Waals surface area contributed by atoms with E-state index in [9.17, 15) is 9.59 Å². The van der Waals surface area contributed by atoms with Gasteiger partial charge in [0.1, 0.15) is 12.7 Å². The summed E-state index contributed by atoms with van der Waals surface area (Å²) in [7, 11) is 1.48. The van der Waals surface area contributed by atoms with E-state index in [2.05, 4.69) is 36.5 Å². The van der Waals surface area contributed by atoms with Gasteiger partial charge in [0.2, 0.25) is 0 Å². The molecule has 0 saturated heterocycles. The third-order valence-corrected chi connectivity index (χ3v) is 6.12. The normalized spacial score (nSPS) is 14.2. The van der Waals surface area contributed by atoms with Crippen molar-refractivity contribution >= 4 is 12.1 Å². The number of carbonyl (C=O) groups is 2. The van der Waals surface area contributed by atoms with Crippen LogP contribution in [-0.4, -0.2) is 44.5 Å². The first-order chi connectivity index (χ1) is 16.1. The van der Waals surface area contributed by atoms with Crippen molar-refractivity contribution in [3.63, 3.8) is 0 Å². The van der Waals surface area contributed by atoms with E-state index in [0.29, 0.717) is 0 Å². The Labute approximate surface area is 196 Å². The van der Waals surface area contributed by atoms with E-state index in [0.717, 1.165) is 54.4 Å². The number of methoxy groups -OCH3 is 1. The van der Waals surface area contributed by atoms with Crippen molar-refractivity contribution in [2.24, 2.45) is 0 Å². The maximum Gasteiger partial charge on any atom is 0.407 e. The molecule has 1 aliphatic rings. The van der Waals surface area contributed by atoms with E-state index in [-0.39, 0.29) is 25.2 Å². The van der Waals surface area contributed by atoms with Crippen LogP contribution in [0.1, 0.15) is 63.0 Å². The molecule has 0 bridgehead atoms. The fraction of sp³-hybridized carbons (Fsp3) is 0.481. The maximum absolute atomic E-state index is 12.7. The molecule has 6 heteroatoms. The molecule has 1 aliphatic carbocycles. The zero-order valence-corrected chi connectivity index (χ0v) is 19.8. The number of amides is 1. The Morgan fingerprint density at radius 3 is 2.18 bits per heavy atom. The van der Waals surface area contributed by atoms with Crippen molar-refractivity contribution in [1.29, 1.82) is 0 Å². The molecule has 2 atom stereocenters.